The first-order chi connectivity index (χ1) is 12.3. The highest BCUT2D eigenvalue weighted by Crippen LogP contribution is 2.29. The van der Waals surface area contributed by atoms with E-state index in [1.807, 2.05) is 6.07 Å². The van der Waals surface area contributed by atoms with E-state index >= 15 is 0 Å². The van der Waals surface area contributed by atoms with Crippen molar-refractivity contribution in [2.75, 3.05) is 0 Å². The van der Waals surface area contributed by atoms with Crippen molar-refractivity contribution >= 4 is 5.91 Å². The predicted octanol–water partition coefficient (Wildman–Crippen LogP) is 3.78. The number of hydrogen-bond acceptors (Lipinski definition) is 3. The fourth-order valence-electron chi connectivity index (χ4n) is 2.37. The number of benzene rings is 1. The fourth-order valence-corrected chi connectivity index (χ4v) is 2.37. The molecule has 1 aromatic carbocycles. The monoisotopic (exact) mass is 360 g/mol. The molecule has 0 radical (unpaired) electrons. The molecule has 3 rings (SSSR count). The fraction of sp³-hybridized carbons (Fsp3) is 0.167. The van der Waals surface area contributed by atoms with E-state index in [-0.39, 0.29) is 11.9 Å². The summed E-state index contributed by atoms with van der Waals surface area (Å²) in [6, 6.07) is 9.66. The summed E-state index contributed by atoms with van der Waals surface area (Å²) in [5.41, 5.74) is 0.703. The number of hydrogen-bond donors (Lipinski definition) is 1. The summed E-state index contributed by atoms with van der Waals surface area (Å²) in [6.07, 6.45) is 0.0666. The highest BCUT2D eigenvalue weighted by Gasteiger charge is 2.30. The highest BCUT2D eigenvalue weighted by molar-refractivity contribution is 5.94. The summed E-state index contributed by atoms with van der Waals surface area (Å²) in [5, 5.41) is 6.84. The molecule has 0 bridgehead atoms. The second-order valence-electron chi connectivity index (χ2n) is 5.67. The zero-order valence-electron chi connectivity index (χ0n) is 13.7. The van der Waals surface area contributed by atoms with Gasteiger partial charge in [-0.15, -0.1) is 0 Å². The molecule has 1 N–H and O–H groups in total. The average Bonchev–Trinajstić information content (AvgIpc) is 3.12. The zero-order chi connectivity index (χ0) is 18.7. The Morgan fingerprint density at radius 2 is 1.88 bits per heavy atom. The van der Waals surface area contributed by atoms with Gasteiger partial charge >= 0.3 is 6.18 Å². The summed E-state index contributed by atoms with van der Waals surface area (Å²) in [7, 11) is 0. The normalized spacial score (nSPS) is 12.6. The van der Waals surface area contributed by atoms with Gasteiger partial charge in [0.25, 0.3) is 5.91 Å². The van der Waals surface area contributed by atoms with E-state index in [9.17, 15) is 18.0 Å². The van der Waals surface area contributed by atoms with E-state index in [1.54, 1.807) is 25.3 Å². The van der Waals surface area contributed by atoms with Crippen LogP contribution in [0.3, 0.4) is 0 Å². The average molecular weight is 360 g/mol. The maximum atomic E-state index is 12.6. The van der Waals surface area contributed by atoms with Crippen LogP contribution in [0.25, 0.3) is 5.69 Å². The number of nitrogens with one attached hydrogen (secondary N) is 1. The largest absolute Gasteiger partial charge is 0.416 e. The third-order valence-corrected chi connectivity index (χ3v) is 3.78. The van der Waals surface area contributed by atoms with Crippen molar-refractivity contribution in [2.24, 2.45) is 0 Å². The number of nitrogens with zero attached hydrogens (tertiary/aromatic N) is 3. The lowest BCUT2D eigenvalue weighted by atomic mass is 10.2. The SMILES string of the molecule is CC(NC(=O)c1cnn(-c2ccc(C(F)(F)F)cc2)c1)c1ccccn1. The van der Waals surface area contributed by atoms with E-state index in [0.29, 0.717) is 11.3 Å². The highest BCUT2D eigenvalue weighted by atomic mass is 19.4. The van der Waals surface area contributed by atoms with Gasteiger partial charge in [0.2, 0.25) is 0 Å². The first-order valence-corrected chi connectivity index (χ1v) is 7.78. The Morgan fingerprint density at radius 1 is 1.15 bits per heavy atom. The van der Waals surface area contributed by atoms with E-state index < -0.39 is 11.7 Å². The molecule has 1 atom stereocenters. The molecule has 3 aromatic rings. The Balaban J connectivity index is 1.72. The molecule has 134 valence electrons. The Bertz CT molecular complexity index is 889. The molecule has 0 aliphatic rings. The lowest BCUT2D eigenvalue weighted by Crippen LogP contribution is -2.26. The molecule has 2 heterocycles. The van der Waals surface area contributed by atoms with Crippen LogP contribution in [0.15, 0.2) is 61.1 Å². The van der Waals surface area contributed by atoms with Crippen LogP contribution in [0.2, 0.25) is 0 Å². The number of aromatic nitrogens is 3. The van der Waals surface area contributed by atoms with Gasteiger partial charge in [-0.1, -0.05) is 6.07 Å². The van der Waals surface area contributed by atoms with Crippen LogP contribution >= 0.6 is 0 Å². The summed E-state index contributed by atoms with van der Waals surface area (Å²) in [6.45, 7) is 1.81. The quantitative estimate of drug-likeness (QED) is 0.770. The number of alkyl halides is 3. The molecular weight excluding hydrogens is 345 g/mol. The molecule has 0 aliphatic heterocycles. The van der Waals surface area contributed by atoms with Crippen LogP contribution in [0.1, 0.15) is 34.6 Å². The zero-order valence-corrected chi connectivity index (χ0v) is 13.7. The Morgan fingerprint density at radius 3 is 2.50 bits per heavy atom. The standard InChI is InChI=1S/C18H15F3N4O/c1-12(16-4-2-3-9-22-16)24-17(26)13-10-23-25(11-13)15-7-5-14(6-8-15)18(19,20)21/h2-12H,1H3,(H,24,26). The van der Waals surface area contributed by atoms with E-state index in [2.05, 4.69) is 15.4 Å². The van der Waals surface area contributed by atoms with Crippen LogP contribution in [0.4, 0.5) is 13.2 Å². The van der Waals surface area contributed by atoms with Crippen molar-refractivity contribution in [2.45, 2.75) is 19.1 Å². The van der Waals surface area contributed by atoms with Crippen molar-refractivity contribution in [3.05, 3.63) is 77.9 Å². The van der Waals surface area contributed by atoms with E-state index in [1.165, 1.54) is 29.2 Å². The Kier molecular flexibility index (Phi) is 4.75. The summed E-state index contributed by atoms with van der Waals surface area (Å²) >= 11 is 0. The van der Waals surface area contributed by atoms with Gasteiger partial charge in [0.15, 0.2) is 0 Å². The number of rotatable bonds is 4. The molecule has 2 aromatic heterocycles. The van der Waals surface area contributed by atoms with Gasteiger partial charge in [0.05, 0.1) is 34.7 Å². The summed E-state index contributed by atoms with van der Waals surface area (Å²) in [5.74, 6) is -0.346. The second kappa shape index (κ2) is 6.99. The molecule has 0 aliphatic carbocycles. The maximum Gasteiger partial charge on any atom is 0.416 e. The first kappa shape index (κ1) is 17.7. The van der Waals surface area contributed by atoms with Crippen molar-refractivity contribution in [3.8, 4) is 5.69 Å². The number of halogens is 3. The molecule has 5 nitrogen and oxygen atoms in total. The van der Waals surface area contributed by atoms with Crippen LogP contribution in [0, 0.1) is 0 Å². The van der Waals surface area contributed by atoms with Gasteiger partial charge in [-0.05, 0) is 43.3 Å². The molecule has 0 saturated carbocycles. The minimum atomic E-state index is -4.39. The third kappa shape index (κ3) is 3.90. The number of carbonyl (C=O) groups is 1. The minimum absolute atomic E-state index is 0.293. The molecule has 1 unspecified atom stereocenters. The van der Waals surface area contributed by atoms with E-state index in [0.717, 1.165) is 17.8 Å². The van der Waals surface area contributed by atoms with Gasteiger partial charge in [-0.25, -0.2) is 4.68 Å². The van der Waals surface area contributed by atoms with Gasteiger partial charge in [0, 0.05) is 12.4 Å². The Labute approximate surface area is 147 Å². The summed E-state index contributed by atoms with van der Waals surface area (Å²) < 4.78 is 39.2. The molecule has 0 saturated heterocycles. The molecule has 1 amide bonds. The van der Waals surface area contributed by atoms with Crippen LogP contribution in [-0.2, 0) is 6.18 Å². The number of amides is 1. The van der Waals surface area contributed by atoms with Gasteiger partial charge in [-0.3, -0.25) is 9.78 Å². The molecule has 8 heteroatoms. The number of pyridine rings is 1. The molecule has 0 fully saturated rings. The maximum absolute atomic E-state index is 12.6. The third-order valence-electron chi connectivity index (χ3n) is 3.78. The topological polar surface area (TPSA) is 59.8 Å². The van der Waals surface area contributed by atoms with Gasteiger partial charge in [0.1, 0.15) is 0 Å². The minimum Gasteiger partial charge on any atom is -0.344 e. The first-order valence-electron chi connectivity index (χ1n) is 7.78. The predicted molar refractivity (Wildman–Crippen MR) is 88.7 cm³/mol. The van der Waals surface area contributed by atoms with Gasteiger partial charge in [-0.2, -0.15) is 18.3 Å². The van der Waals surface area contributed by atoms with E-state index in [4.69, 9.17) is 0 Å². The van der Waals surface area contributed by atoms with Crippen molar-refractivity contribution in [1.82, 2.24) is 20.1 Å². The number of carbonyl (C=O) groups excluding carboxylic acids is 1. The smallest absolute Gasteiger partial charge is 0.344 e. The van der Waals surface area contributed by atoms with Crippen LogP contribution in [-0.4, -0.2) is 20.7 Å². The van der Waals surface area contributed by atoms with Gasteiger partial charge < -0.3 is 5.32 Å². The Hall–Kier alpha value is -3.16. The lowest BCUT2D eigenvalue weighted by Gasteiger charge is -2.12. The van der Waals surface area contributed by atoms with Crippen molar-refractivity contribution < 1.29 is 18.0 Å². The van der Waals surface area contributed by atoms with Crippen molar-refractivity contribution in [1.29, 1.82) is 0 Å². The van der Waals surface area contributed by atoms with Crippen molar-refractivity contribution in [3.63, 3.8) is 0 Å². The van der Waals surface area contributed by atoms with Crippen LogP contribution < -0.4 is 5.32 Å². The lowest BCUT2D eigenvalue weighted by molar-refractivity contribution is -0.137. The summed E-state index contributed by atoms with van der Waals surface area (Å²) in [4.78, 5) is 16.5. The molecule has 26 heavy (non-hydrogen) atoms. The second-order valence-corrected chi connectivity index (χ2v) is 5.67. The molecule has 0 spiro atoms. The molecular formula is C18H15F3N4O. The van der Waals surface area contributed by atoms with Crippen LogP contribution in [0.5, 0.6) is 0 Å².